The fraction of sp³-hybridized carbons (Fsp3) is 0.125. The molecule has 0 spiro atoms. The molecule has 0 radical (unpaired) electrons. The van der Waals surface area contributed by atoms with Crippen molar-refractivity contribution in [3.8, 4) is 0 Å². The predicted octanol–water partition coefficient (Wildman–Crippen LogP) is 1.80. The Bertz CT molecular complexity index is 952. The van der Waals surface area contributed by atoms with Crippen molar-refractivity contribution in [2.24, 2.45) is 0 Å². The second-order valence-electron chi connectivity index (χ2n) is 7.04. The molecule has 0 aromatic heterocycles. The van der Waals surface area contributed by atoms with Gasteiger partial charge in [-0.2, -0.15) is 0 Å². The van der Waals surface area contributed by atoms with E-state index in [0.29, 0.717) is 0 Å². The third-order valence-corrected chi connectivity index (χ3v) is 7.33. The van der Waals surface area contributed by atoms with Crippen LogP contribution < -0.4 is 0 Å². The van der Waals surface area contributed by atoms with E-state index in [-0.39, 0.29) is 16.7 Å². The molecule has 0 aliphatic heterocycles. The molecule has 3 aromatic rings. The summed E-state index contributed by atoms with van der Waals surface area (Å²) in [6.45, 7) is 0. The Morgan fingerprint density at radius 2 is 0.735 bits per heavy atom. The van der Waals surface area contributed by atoms with E-state index in [9.17, 15) is 29.7 Å². The molecule has 0 saturated carbocycles. The van der Waals surface area contributed by atoms with Gasteiger partial charge in [0, 0.05) is 0 Å². The van der Waals surface area contributed by atoms with Crippen molar-refractivity contribution in [2.45, 2.75) is 18.3 Å². The quantitative estimate of drug-likeness (QED) is 0.359. The predicted molar refractivity (Wildman–Crippen MR) is 118 cm³/mol. The molecule has 0 heterocycles. The minimum absolute atomic E-state index is 0.208. The summed E-state index contributed by atoms with van der Waals surface area (Å²) in [4.78, 5) is 37.4. The van der Waals surface area contributed by atoms with Gasteiger partial charge in [-0.25, -0.2) is 0 Å². The average molecular weight is 523 g/mol. The van der Waals surface area contributed by atoms with Crippen LogP contribution >= 0.6 is 0 Å². The Morgan fingerprint density at radius 1 is 0.500 bits per heavy atom. The molecule has 10 heteroatoms. The van der Waals surface area contributed by atoms with E-state index in [1.165, 1.54) is 36.4 Å². The summed E-state index contributed by atoms with van der Waals surface area (Å²) in [5.41, 5.74) is 0.625. The molecule has 0 saturated heterocycles. The summed E-state index contributed by atoms with van der Waals surface area (Å²) >= 11 is -4.57. The summed E-state index contributed by atoms with van der Waals surface area (Å²) in [6, 6.07) is 23.5. The Labute approximate surface area is 201 Å². The van der Waals surface area contributed by atoms with E-state index in [2.05, 4.69) is 0 Å². The van der Waals surface area contributed by atoms with Crippen LogP contribution in [0, 0.1) is 0 Å². The number of benzene rings is 3. The average Bonchev–Trinajstić information content (AvgIpc) is 2.88. The fourth-order valence-electron chi connectivity index (χ4n) is 2.86. The molecule has 34 heavy (non-hydrogen) atoms. The Kier molecular flexibility index (Phi) is 9.02. The van der Waals surface area contributed by atoms with Gasteiger partial charge in [-0.15, -0.1) is 0 Å². The van der Waals surface area contributed by atoms with E-state index in [4.69, 9.17) is 10.6 Å². The van der Waals surface area contributed by atoms with Gasteiger partial charge in [0.05, 0.1) is 0 Å². The Hall–Kier alpha value is -3.41. The molecule has 3 atom stereocenters. The van der Waals surface area contributed by atoms with Gasteiger partial charge in [0.1, 0.15) is 0 Å². The van der Waals surface area contributed by atoms with Gasteiger partial charge in [0.25, 0.3) is 0 Å². The molecule has 0 aliphatic carbocycles. The molecule has 3 N–H and O–H groups in total. The molecular weight excluding hydrogens is 502 g/mol. The van der Waals surface area contributed by atoms with E-state index in [1.807, 2.05) is 0 Å². The zero-order valence-corrected chi connectivity index (χ0v) is 20.2. The number of carbonyl (C=O) groups excluding carboxylic acids is 3. The first-order chi connectivity index (χ1) is 16.4. The maximum atomic E-state index is 12.5. The normalized spacial score (nSPS) is 13.1. The number of carbonyl (C=O) groups is 3. The van der Waals surface area contributed by atoms with Crippen molar-refractivity contribution in [3.63, 3.8) is 0 Å². The first-order valence-electron chi connectivity index (χ1n) is 10.2. The van der Waals surface area contributed by atoms with Gasteiger partial charge in [0.2, 0.25) is 0 Å². The van der Waals surface area contributed by atoms with Crippen LogP contribution in [0.4, 0.5) is 0 Å². The fourth-order valence-corrected chi connectivity index (χ4v) is 5.17. The summed E-state index contributed by atoms with van der Waals surface area (Å²) in [7, 11) is 0. The van der Waals surface area contributed by atoms with Crippen molar-refractivity contribution in [1.29, 1.82) is 0 Å². The van der Waals surface area contributed by atoms with E-state index < -0.39 is 53.5 Å². The van der Waals surface area contributed by atoms with Crippen LogP contribution in [0.25, 0.3) is 0 Å². The van der Waals surface area contributed by atoms with Gasteiger partial charge >= 0.3 is 202 Å². The number of hydrogen-bond acceptors (Lipinski definition) is 9. The molecule has 1 unspecified atom stereocenters. The molecule has 3 aromatic carbocycles. The topological polar surface area (TPSA) is 140 Å². The molecule has 0 bridgehead atoms. The van der Waals surface area contributed by atoms with Gasteiger partial charge in [-0.05, 0) is 0 Å². The van der Waals surface area contributed by atoms with Crippen molar-refractivity contribution >= 4 is 35.2 Å². The zero-order valence-electron chi connectivity index (χ0n) is 17.8. The van der Waals surface area contributed by atoms with Crippen molar-refractivity contribution in [3.05, 3.63) is 108 Å². The maximum absolute atomic E-state index is 12.5. The van der Waals surface area contributed by atoms with Gasteiger partial charge in [-0.3, -0.25) is 0 Å². The summed E-state index contributed by atoms with van der Waals surface area (Å²) in [5, 5.41) is 30.8. The molecule has 9 nitrogen and oxygen atoms in total. The summed E-state index contributed by atoms with van der Waals surface area (Å²) in [5.74, 6) is -3.62. The molecule has 0 amide bonds. The van der Waals surface area contributed by atoms with Crippen molar-refractivity contribution in [2.75, 3.05) is 0 Å². The van der Waals surface area contributed by atoms with E-state index in [0.717, 1.165) is 0 Å². The van der Waals surface area contributed by atoms with Crippen molar-refractivity contribution in [1.82, 2.24) is 0 Å². The zero-order chi connectivity index (χ0) is 24.5. The van der Waals surface area contributed by atoms with Crippen LogP contribution in [-0.4, -0.2) is 50.5 Å². The molecule has 3 rings (SSSR count). The van der Waals surface area contributed by atoms with Crippen LogP contribution in [0.15, 0.2) is 91.0 Å². The number of hydrogen-bond donors (Lipinski definition) is 3. The number of rotatable bonds is 9. The van der Waals surface area contributed by atoms with Gasteiger partial charge in [0.15, 0.2) is 0 Å². The number of aliphatic hydroxyl groups excluding tert-OH is 3. The molecule has 174 valence electrons. The standard InChI is InChI=1S/3C8H8O3.Ga/c3*9-7(8(10)11)6-4-2-1-3-5-6;/h3*1-5,7,9H,(H,10,11);/q;;;+3/p-3/t2*7-;;/m11../s1. The van der Waals surface area contributed by atoms with Crippen LogP contribution in [0.2, 0.25) is 0 Å². The summed E-state index contributed by atoms with van der Waals surface area (Å²) < 4.78 is 15.2. The third-order valence-electron chi connectivity index (χ3n) is 4.65. The first-order valence-corrected chi connectivity index (χ1v) is 13.1. The second-order valence-corrected chi connectivity index (χ2v) is 9.73. The van der Waals surface area contributed by atoms with Crippen LogP contribution in [-0.2, 0) is 25.0 Å². The van der Waals surface area contributed by atoms with Crippen LogP contribution in [0.5, 0.6) is 0 Å². The molecule has 0 aliphatic rings. The molecule has 0 fully saturated rings. The molecular formula is C24H21GaO9. The van der Waals surface area contributed by atoms with Gasteiger partial charge in [-0.1, -0.05) is 0 Å². The minimum atomic E-state index is -4.57. The number of aliphatic hydroxyl groups is 3. The summed E-state index contributed by atoms with van der Waals surface area (Å²) in [6.07, 6.45) is -5.19. The van der Waals surface area contributed by atoms with E-state index >= 15 is 0 Å². The van der Waals surface area contributed by atoms with Crippen molar-refractivity contribution < 1.29 is 40.3 Å². The van der Waals surface area contributed by atoms with E-state index in [1.54, 1.807) is 54.6 Å². The van der Waals surface area contributed by atoms with Crippen LogP contribution in [0.1, 0.15) is 35.0 Å². The third kappa shape index (κ3) is 6.79. The SMILES string of the molecule is O=C([O][Ga]([O]C(=O)[C@H](O)c1ccccc1)[O]C(=O)[C@H](O)c1ccccc1)C(O)c1ccccc1. The van der Waals surface area contributed by atoms with Crippen LogP contribution in [0.3, 0.4) is 0 Å². The van der Waals surface area contributed by atoms with Gasteiger partial charge < -0.3 is 0 Å². The Morgan fingerprint density at radius 3 is 0.971 bits per heavy atom. The first kappa shape index (κ1) is 25.2. The second kappa shape index (κ2) is 12.2. The Balaban J connectivity index is 1.75. The monoisotopic (exact) mass is 522 g/mol.